The van der Waals surface area contributed by atoms with Crippen LogP contribution in [0.2, 0.25) is 5.02 Å². The molecule has 3 nitrogen and oxygen atoms in total. The van der Waals surface area contributed by atoms with Gasteiger partial charge in [-0.25, -0.2) is 0 Å². The molecule has 1 aromatic carbocycles. The Balaban J connectivity index is 2.39. The second-order valence-corrected chi connectivity index (χ2v) is 6.06. The third kappa shape index (κ3) is 5.85. The summed E-state index contributed by atoms with van der Waals surface area (Å²) in [6, 6.07) is 7.72. The minimum atomic E-state index is 0.00818. The molecule has 0 unspecified atom stereocenters. The maximum absolute atomic E-state index is 12.0. The molecule has 0 aliphatic heterocycles. The van der Waals surface area contributed by atoms with Crippen molar-refractivity contribution in [2.24, 2.45) is 0 Å². The molecule has 0 saturated carbocycles. The quantitative estimate of drug-likeness (QED) is 0.787. The molecule has 1 aromatic rings. The normalized spacial score (nSPS) is 10.8. The number of aliphatic hydroxyl groups is 1. The Morgan fingerprint density at radius 1 is 1.37 bits per heavy atom. The molecule has 0 spiro atoms. The van der Waals surface area contributed by atoms with Crippen molar-refractivity contribution in [1.82, 2.24) is 4.90 Å². The van der Waals surface area contributed by atoms with E-state index in [1.54, 1.807) is 16.7 Å². The minimum Gasteiger partial charge on any atom is -0.395 e. The average molecular weight is 302 g/mol. The van der Waals surface area contributed by atoms with E-state index in [0.717, 1.165) is 10.6 Å². The SMILES string of the molecule is CC(C)N(CCO)C(=O)CCSc1ccc(Cl)cc1. The van der Waals surface area contributed by atoms with Gasteiger partial charge in [0.2, 0.25) is 5.91 Å². The number of amides is 1. The number of aliphatic hydroxyl groups excluding tert-OH is 1. The third-order valence-electron chi connectivity index (χ3n) is 2.68. The Morgan fingerprint density at radius 2 is 2.00 bits per heavy atom. The van der Waals surface area contributed by atoms with Gasteiger partial charge in [0.15, 0.2) is 0 Å². The van der Waals surface area contributed by atoms with Gasteiger partial charge in [-0.3, -0.25) is 4.79 Å². The van der Waals surface area contributed by atoms with E-state index in [-0.39, 0.29) is 18.6 Å². The summed E-state index contributed by atoms with van der Waals surface area (Å²) in [5, 5.41) is 9.67. The van der Waals surface area contributed by atoms with Crippen molar-refractivity contribution in [2.45, 2.75) is 31.2 Å². The fourth-order valence-electron chi connectivity index (χ4n) is 1.71. The first-order valence-electron chi connectivity index (χ1n) is 6.33. The Hall–Kier alpha value is -0.710. The van der Waals surface area contributed by atoms with Gasteiger partial charge in [-0.1, -0.05) is 11.6 Å². The van der Waals surface area contributed by atoms with Crippen LogP contribution in [0.15, 0.2) is 29.2 Å². The standard InChI is InChI=1S/C14H20ClNO2S/c1-11(2)16(8-9-17)14(18)7-10-19-13-5-3-12(15)4-6-13/h3-6,11,17H,7-10H2,1-2H3. The highest BCUT2D eigenvalue weighted by Gasteiger charge is 2.15. The van der Waals surface area contributed by atoms with Crippen molar-refractivity contribution >= 4 is 29.3 Å². The lowest BCUT2D eigenvalue weighted by Crippen LogP contribution is -2.39. The van der Waals surface area contributed by atoms with Crippen LogP contribution in [0.25, 0.3) is 0 Å². The van der Waals surface area contributed by atoms with E-state index in [0.29, 0.717) is 18.0 Å². The zero-order valence-corrected chi connectivity index (χ0v) is 12.9. The highest BCUT2D eigenvalue weighted by molar-refractivity contribution is 7.99. The van der Waals surface area contributed by atoms with Crippen molar-refractivity contribution < 1.29 is 9.90 Å². The molecule has 1 N–H and O–H groups in total. The number of nitrogens with zero attached hydrogens (tertiary/aromatic N) is 1. The number of carbonyl (C=O) groups is 1. The van der Waals surface area contributed by atoms with Gasteiger partial charge in [0, 0.05) is 34.7 Å². The van der Waals surface area contributed by atoms with Crippen LogP contribution >= 0.6 is 23.4 Å². The number of thioether (sulfide) groups is 1. The fraction of sp³-hybridized carbons (Fsp3) is 0.500. The summed E-state index contributed by atoms with van der Waals surface area (Å²) in [7, 11) is 0. The molecular weight excluding hydrogens is 282 g/mol. The smallest absolute Gasteiger partial charge is 0.223 e. The van der Waals surface area contributed by atoms with Gasteiger partial charge in [-0.05, 0) is 38.1 Å². The van der Waals surface area contributed by atoms with Crippen molar-refractivity contribution in [3.05, 3.63) is 29.3 Å². The monoisotopic (exact) mass is 301 g/mol. The lowest BCUT2D eigenvalue weighted by molar-refractivity contribution is -0.132. The second kappa shape index (κ2) is 8.46. The van der Waals surface area contributed by atoms with E-state index in [4.69, 9.17) is 16.7 Å². The van der Waals surface area contributed by atoms with Crippen LogP contribution in [0.3, 0.4) is 0 Å². The van der Waals surface area contributed by atoms with Crippen molar-refractivity contribution in [3.8, 4) is 0 Å². The van der Waals surface area contributed by atoms with Crippen LogP contribution in [-0.2, 0) is 4.79 Å². The summed E-state index contributed by atoms with van der Waals surface area (Å²) < 4.78 is 0. The third-order valence-corrected chi connectivity index (χ3v) is 3.95. The van der Waals surface area contributed by atoms with E-state index in [2.05, 4.69) is 0 Å². The van der Waals surface area contributed by atoms with E-state index in [1.807, 2.05) is 38.1 Å². The summed E-state index contributed by atoms with van der Waals surface area (Å²) in [6.07, 6.45) is 0.478. The second-order valence-electron chi connectivity index (χ2n) is 4.46. The number of benzene rings is 1. The first-order valence-corrected chi connectivity index (χ1v) is 7.69. The molecule has 0 aliphatic rings. The lowest BCUT2D eigenvalue weighted by Gasteiger charge is -2.25. The fourth-order valence-corrected chi connectivity index (χ4v) is 2.68. The predicted octanol–water partition coefficient (Wildman–Crippen LogP) is 3.05. The van der Waals surface area contributed by atoms with Gasteiger partial charge in [-0.15, -0.1) is 11.8 Å². The molecule has 19 heavy (non-hydrogen) atoms. The zero-order valence-electron chi connectivity index (χ0n) is 11.3. The maximum atomic E-state index is 12.0. The van der Waals surface area contributed by atoms with E-state index < -0.39 is 0 Å². The highest BCUT2D eigenvalue weighted by atomic mass is 35.5. The van der Waals surface area contributed by atoms with Crippen LogP contribution in [0.4, 0.5) is 0 Å². The molecular formula is C14H20ClNO2S. The molecule has 0 bridgehead atoms. The summed E-state index contributed by atoms with van der Waals surface area (Å²) in [6.45, 7) is 4.33. The Labute approximate surface area is 123 Å². The van der Waals surface area contributed by atoms with Crippen LogP contribution in [0.1, 0.15) is 20.3 Å². The summed E-state index contributed by atoms with van der Waals surface area (Å²) in [5.74, 6) is 0.820. The van der Waals surface area contributed by atoms with Crippen molar-refractivity contribution in [3.63, 3.8) is 0 Å². The lowest BCUT2D eigenvalue weighted by atomic mass is 10.3. The molecule has 0 radical (unpaired) electrons. The zero-order chi connectivity index (χ0) is 14.3. The predicted molar refractivity (Wildman–Crippen MR) is 80.7 cm³/mol. The van der Waals surface area contributed by atoms with Gasteiger partial charge < -0.3 is 10.0 Å². The number of hydrogen-bond donors (Lipinski definition) is 1. The van der Waals surface area contributed by atoms with Gasteiger partial charge in [-0.2, -0.15) is 0 Å². The number of rotatable bonds is 7. The van der Waals surface area contributed by atoms with Gasteiger partial charge in [0.05, 0.1) is 6.61 Å². The summed E-state index contributed by atoms with van der Waals surface area (Å²) in [5.41, 5.74) is 0. The topological polar surface area (TPSA) is 40.5 Å². The number of carbonyl (C=O) groups excluding carboxylic acids is 1. The molecule has 1 rings (SSSR count). The number of halogens is 1. The molecule has 1 amide bonds. The minimum absolute atomic E-state index is 0.00818. The van der Waals surface area contributed by atoms with Crippen LogP contribution < -0.4 is 0 Å². The molecule has 106 valence electrons. The first-order chi connectivity index (χ1) is 9.04. The van der Waals surface area contributed by atoms with Gasteiger partial charge >= 0.3 is 0 Å². The first kappa shape index (κ1) is 16.3. The molecule has 0 saturated heterocycles. The molecule has 0 fully saturated rings. The van der Waals surface area contributed by atoms with Crippen LogP contribution in [-0.4, -0.2) is 40.9 Å². The van der Waals surface area contributed by atoms with E-state index in [9.17, 15) is 4.79 Å². The molecule has 0 aromatic heterocycles. The number of hydrogen-bond acceptors (Lipinski definition) is 3. The average Bonchev–Trinajstić information content (AvgIpc) is 2.37. The Morgan fingerprint density at radius 3 is 2.53 bits per heavy atom. The Kier molecular flexibility index (Phi) is 7.28. The highest BCUT2D eigenvalue weighted by Crippen LogP contribution is 2.21. The molecule has 5 heteroatoms. The summed E-state index contributed by atoms with van der Waals surface area (Å²) in [4.78, 5) is 14.8. The van der Waals surface area contributed by atoms with Gasteiger partial charge in [0.1, 0.15) is 0 Å². The van der Waals surface area contributed by atoms with Crippen LogP contribution in [0, 0.1) is 0 Å². The maximum Gasteiger partial charge on any atom is 0.223 e. The molecule has 0 heterocycles. The van der Waals surface area contributed by atoms with Crippen molar-refractivity contribution in [1.29, 1.82) is 0 Å². The molecule has 0 aliphatic carbocycles. The Bertz CT molecular complexity index is 395. The van der Waals surface area contributed by atoms with Gasteiger partial charge in [0.25, 0.3) is 0 Å². The summed E-state index contributed by atoms with van der Waals surface area (Å²) >= 11 is 7.45. The van der Waals surface area contributed by atoms with Crippen LogP contribution in [0.5, 0.6) is 0 Å². The molecule has 0 atom stereocenters. The van der Waals surface area contributed by atoms with E-state index in [1.165, 1.54) is 0 Å². The van der Waals surface area contributed by atoms with Crippen molar-refractivity contribution in [2.75, 3.05) is 18.9 Å². The largest absolute Gasteiger partial charge is 0.395 e. The van der Waals surface area contributed by atoms with E-state index >= 15 is 0 Å².